The van der Waals surface area contributed by atoms with E-state index in [9.17, 15) is 19.1 Å². The second-order valence-electron chi connectivity index (χ2n) is 4.08. The first-order valence-electron chi connectivity index (χ1n) is 5.73. The van der Waals surface area contributed by atoms with E-state index in [-0.39, 0.29) is 16.9 Å². The van der Waals surface area contributed by atoms with Crippen LogP contribution in [0.2, 0.25) is 0 Å². The number of carbonyl (C=O) groups is 2. The van der Waals surface area contributed by atoms with Gasteiger partial charge in [-0.25, -0.2) is 9.18 Å². The molecule has 20 heavy (non-hydrogen) atoms. The Kier molecular flexibility index (Phi) is 3.79. The maximum atomic E-state index is 13.8. The van der Waals surface area contributed by atoms with Crippen LogP contribution in [0.5, 0.6) is 5.75 Å². The first kappa shape index (κ1) is 13.7. The number of halogens is 1. The highest BCUT2D eigenvalue weighted by Crippen LogP contribution is 2.26. The van der Waals surface area contributed by atoms with Crippen LogP contribution in [0.3, 0.4) is 0 Å². The van der Waals surface area contributed by atoms with Crippen molar-refractivity contribution in [2.45, 2.75) is 0 Å². The highest BCUT2D eigenvalue weighted by Gasteiger charge is 2.13. The van der Waals surface area contributed by atoms with Gasteiger partial charge >= 0.3 is 5.97 Å². The van der Waals surface area contributed by atoms with Crippen molar-refractivity contribution in [1.82, 2.24) is 0 Å². The minimum atomic E-state index is -0.756. The van der Waals surface area contributed by atoms with Gasteiger partial charge in [-0.3, -0.25) is 4.79 Å². The quantitative estimate of drug-likeness (QED) is 0.690. The Bertz CT molecular complexity index is 680. The molecule has 2 rings (SSSR count). The van der Waals surface area contributed by atoms with Gasteiger partial charge in [-0.1, -0.05) is 12.1 Å². The third-order valence-electron chi connectivity index (χ3n) is 2.86. The monoisotopic (exact) mass is 274 g/mol. The molecule has 2 aromatic rings. The molecule has 0 spiro atoms. The number of aldehydes is 1. The SMILES string of the molecule is COC(=O)c1ccc(-c2ccc(O)c(C=O)c2)cc1F. The molecule has 4 nitrogen and oxygen atoms in total. The van der Waals surface area contributed by atoms with Crippen molar-refractivity contribution in [3.63, 3.8) is 0 Å². The van der Waals surface area contributed by atoms with Gasteiger partial charge in [0.1, 0.15) is 11.6 Å². The Labute approximate surface area is 114 Å². The summed E-state index contributed by atoms with van der Waals surface area (Å²) in [5.74, 6) is -1.61. The summed E-state index contributed by atoms with van der Waals surface area (Å²) in [6, 6.07) is 8.36. The topological polar surface area (TPSA) is 63.6 Å². The molecule has 0 aromatic heterocycles. The van der Waals surface area contributed by atoms with Crippen molar-refractivity contribution in [3.05, 3.63) is 53.3 Å². The van der Waals surface area contributed by atoms with Crippen molar-refractivity contribution in [3.8, 4) is 16.9 Å². The van der Waals surface area contributed by atoms with Crippen LogP contribution in [-0.2, 0) is 4.74 Å². The summed E-state index contributed by atoms with van der Waals surface area (Å²) in [6.07, 6.45) is 0.512. The fraction of sp³-hybridized carbons (Fsp3) is 0.0667. The highest BCUT2D eigenvalue weighted by molar-refractivity contribution is 5.90. The maximum absolute atomic E-state index is 13.8. The van der Waals surface area contributed by atoms with Gasteiger partial charge < -0.3 is 9.84 Å². The summed E-state index contributed by atoms with van der Waals surface area (Å²) in [6.45, 7) is 0. The van der Waals surface area contributed by atoms with Crippen LogP contribution in [0.25, 0.3) is 11.1 Å². The lowest BCUT2D eigenvalue weighted by molar-refractivity contribution is 0.0595. The number of hydrogen-bond acceptors (Lipinski definition) is 4. The molecule has 0 amide bonds. The molecule has 0 saturated heterocycles. The lowest BCUT2D eigenvalue weighted by atomic mass is 10.0. The lowest BCUT2D eigenvalue weighted by Gasteiger charge is -2.06. The van der Waals surface area contributed by atoms with Crippen molar-refractivity contribution in [1.29, 1.82) is 0 Å². The van der Waals surface area contributed by atoms with E-state index in [2.05, 4.69) is 4.74 Å². The minimum absolute atomic E-state index is 0.111. The van der Waals surface area contributed by atoms with E-state index >= 15 is 0 Å². The van der Waals surface area contributed by atoms with E-state index in [0.29, 0.717) is 17.4 Å². The number of carbonyl (C=O) groups excluding carboxylic acids is 2. The molecule has 5 heteroatoms. The normalized spacial score (nSPS) is 10.1. The predicted molar refractivity (Wildman–Crippen MR) is 70.2 cm³/mol. The molecule has 2 aromatic carbocycles. The molecule has 0 unspecified atom stereocenters. The minimum Gasteiger partial charge on any atom is -0.507 e. The van der Waals surface area contributed by atoms with Crippen molar-refractivity contribution in [2.75, 3.05) is 7.11 Å². The summed E-state index contributed by atoms with van der Waals surface area (Å²) >= 11 is 0. The zero-order valence-electron chi connectivity index (χ0n) is 10.6. The van der Waals surface area contributed by atoms with E-state index in [0.717, 1.165) is 0 Å². The zero-order valence-corrected chi connectivity index (χ0v) is 10.6. The molecule has 0 saturated carbocycles. The van der Waals surface area contributed by atoms with E-state index in [1.165, 1.54) is 37.4 Å². The van der Waals surface area contributed by atoms with E-state index < -0.39 is 11.8 Å². The molecule has 0 radical (unpaired) electrons. The van der Waals surface area contributed by atoms with Gasteiger partial charge in [-0.15, -0.1) is 0 Å². The first-order valence-corrected chi connectivity index (χ1v) is 5.73. The summed E-state index contributed by atoms with van der Waals surface area (Å²) < 4.78 is 18.3. The standard InChI is InChI=1S/C15H11FO4/c1-20-15(19)12-4-2-10(7-13(12)16)9-3-5-14(18)11(6-9)8-17/h2-8,18H,1H3. The number of ether oxygens (including phenoxy) is 1. The van der Waals surface area contributed by atoms with Crippen LogP contribution in [-0.4, -0.2) is 24.5 Å². The molecule has 0 bridgehead atoms. The first-order chi connectivity index (χ1) is 9.56. The van der Waals surface area contributed by atoms with Crippen molar-refractivity contribution in [2.24, 2.45) is 0 Å². The summed E-state index contributed by atoms with van der Waals surface area (Å²) in [5, 5.41) is 9.42. The largest absolute Gasteiger partial charge is 0.507 e. The number of esters is 1. The van der Waals surface area contributed by atoms with E-state index in [4.69, 9.17) is 0 Å². The van der Waals surface area contributed by atoms with Gasteiger partial charge in [-0.2, -0.15) is 0 Å². The number of benzene rings is 2. The van der Waals surface area contributed by atoms with Crippen LogP contribution in [0.1, 0.15) is 20.7 Å². The molecule has 102 valence electrons. The van der Waals surface area contributed by atoms with Gasteiger partial charge in [-0.05, 0) is 35.4 Å². The Balaban J connectivity index is 2.46. The Morgan fingerprint density at radius 2 is 1.85 bits per heavy atom. The van der Waals surface area contributed by atoms with Crippen LogP contribution >= 0.6 is 0 Å². The number of phenolic OH excluding ortho intramolecular Hbond substituents is 1. The number of phenols is 1. The van der Waals surface area contributed by atoms with Gasteiger partial charge in [0.2, 0.25) is 0 Å². The molecule has 0 aliphatic heterocycles. The second-order valence-corrected chi connectivity index (χ2v) is 4.08. The highest BCUT2D eigenvalue weighted by atomic mass is 19.1. The fourth-order valence-corrected chi connectivity index (χ4v) is 1.80. The second kappa shape index (κ2) is 5.52. The third kappa shape index (κ3) is 2.51. The lowest BCUT2D eigenvalue weighted by Crippen LogP contribution is -2.04. The Morgan fingerprint density at radius 1 is 1.20 bits per heavy atom. The molecule has 1 N–H and O–H groups in total. The molecule has 0 aliphatic rings. The van der Waals surface area contributed by atoms with Crippen LogP contribution < -0.4 is 0 Å². The third-order valence-corrected chi connectivity index (χ3v) is 2.86. The van der Waals surface area contributed by atoms with Crippen LogP contribution in [0.4, 0.5) is 4.39 Å². The molecule has 0 atom stereocenters. The smallest absolute Gasteiger partial charge is 0.340 e. The number of rotatable bonds is 3. The van der Waals surface area contributed by atoms with Crippen molar-refractivity contribution >= 4 is 12.3 Å². The average molecular weight is 274 g/mol. The molecule has 0 fully saturated rings. The van der Waals surface area contributed by atoms with Gasteiger partial charge in [0.15, 0.2) is 6.29 Å². The number of hydrogen-bond donors (Lipinski definition) is 1. The summed E-state index contributed by atoms with van der Waals surface area (Å²) in [7, 11) is 1.17. The molecular formula is C15H11FO4. The number of aromatic hydroxyl groups is 1. The molecular weight excluding hydrogens is 263 g/mol. The predicted octanol–water partition coefficient (Wildman–Crippen LogP) is 2.80. The Morgan fingerprint density at radius 3 is 2.45 bits per heavy atom. The van der Waals surface area contributed by atoms with Crippen molar-refractivity contribution < 1.29 is 23.8 Å². The number of methoxy groups -OCH3 is 1. The molecule has 0 aliphatic carbocycles. The van der Waals surface area contributed by atoms with Crippen LogP contribution in [0.15, 0.2) is 36.4 Å². The van der Waals surface area contributed by atoms with E-state index in [1.54, 1.807) is 6.07 Å². The summed E-state index contributed by atoms with van der Waals surface area (Å²) in [5.41, 5.74) is 0.990. The summed E-state index contributed by atoms with van der Waals surface area (Å²) in [4.78, 5) is 22.1. The van der Waals surface area contributed by atoms with Crippen LogP contribution in [0, 0.1) is 5.82 Å². The maximum Gasteiger partial charge on any atom is 0.340 e. The fourth-order valence-electron chi connectivity index (χ4n) is 1.80. The van der Waals surface area contributed by atoms with Gasteiger partial charge in [0.05, 0.1) is 18.2 Å². The Hall–Kier alpha value is -2.69. The average Bonchev–Trinajstić information content (AvgIpc) is 2.47. The van der Waals surface area contributed by atoms with E-state index in [1.807, 2.05) is 0 Å². The zero-order chi connectivity index (χ0) is 14.7. The molecule has 0 heterocycles. The van der Waals surface area contributed by atoms with Gasteiger partial charge in [0.25, 0.3) is 0 Å². The van der Waals surface area contributed by atoms with Gasteiger partial charge in [0, 0.05) is 0 Å².